The Bertz CT molecular complexity index is 3820. The lowest BCUT2D eigenvalue weighted by Gasteiger charge is -2.47. The first-order valence-electron chi connectivity index (χ1n) is 45.7. The van der Waals surface area contributed by atoms with Crippen molar-refractivity contribution in [2.45, 2.75) is 319 Å². The van der Waals surface area contributed by atoms with Gasteiger partial charge in [0.1, 0.15) is 62.0 Å². The molecular weight excluding hydrogens is 1530 g/mol. The lowest BCUT2D eigenvalue weighted by Crippen LogP contribution is -2.66. The number of aliphatic hydroxyl groups excluding tert-OH is 1. The van der Waals surface area contributed by atoms with Gasteiger partial charge in [0.2, 0.25) is 0 Å². The molecule has 3 heterocycles. The molecule has 0 radical (unpaired) electrons. The van der Waals surface area contributed by atoms with Gasteiger partial charge in [0.15, 0.2) is 12.6 Å². The van der Waals surface area contributed by atoms with Crippen molar-refractivity contribution < 1.29 is 76.0 Å². The SMILES string of the molecule is CC(C)(C)[Si](OCCCCCCCCCCCCCC[C@H]1CC(=O)OC[C@H]2O[C@@H](O[C@H](CCCCCCCCCCCCCCO)CC(=O)OC[C@H]3O[C@@H](O1)[C@H](OCc1ccccc1)[C@@H](OCc1ccccc1)[C@@H]3OCc1ccccc1)[C@H](OCc1ccccc1)[C@@H](OCc1ccccc1)[C@@H]2OCc1ccccc1)(c1ccccc1)c1ccccc1. The van der Waals surface area contributed by atoms with E-state index in [1.165, 1.54) is 74.6 Å². The third-order valence-corrected chi connectivity index (χ3v) is 28.8. The predicted molar refractivity (Wildman–Crippen MR) is 479 cm³/mol. The average molecular weight is 1670 g/mol. The number of aliphatic hydroxyl groups is 1. The van der Waals surface area contributed by atoms with Gasteiger partial charge in [-0.1, -0.05) is 405 Å². The van der Waals surface area contributed by atoms with E-state index in [0.29, 0.717) is 12.8 Å². The fraction of sp³-hybridized carbons (Fsp3) is 0.519. The van der Waals surface area contributed by atoms with Crippen LogP contribution in [0.2, 0.25) is 5.04 Å². The zero-order chi connectivity index (χ0) is 84.0. The molecule has 0 spiro atoms. The number of hydrogen-bond donors (Lipinski definition) is 1. The molecule has 121 heavy (non-hydrogen) atoms. The molecule has 3 fully saturated rings. The zero-order valence-electron chi connectivity index (χ0n) is 72.5. The molecule has 4 bridgehead atoms. The largest absolute Gasteiger partial charge is 0.463 e. The van der Waals surface area contributed by atoms with Gasteiger partial charge in [0.05, 0.1) is 64.7 Å². The van der Waals surface area contributed by atoms with Crippen LogP contribution in [0.4, 0.5) is 0 Å². The molecule has 8 aromatic rings. The predicted octanol–water partition coefficient (Wildman–Crippen LogP) is 21.3. The molecule has 8 aromatic carbocycles. The number of ether oxygens (including phenoxy) is 12. The van der Waals surface area contributed by atoms with Crippen molar-refractivity contribution in [3.63, 3.8) is 0 Å². The van der Waals surface area contributed by atoms with Crippen molar-refractivity contribution in [1.29, 1.82) is 0 Å². The maximum Gasteiger partial charge on any atom is 0.308 e. The summed E-state index contributed by atoms with van der Waals surface area (Å²) in [6.07, 6.45) is 15.8. The number of carbonyl (C=O) groups is 2. The summed E-state index contributed by atoms with van der Waals surface area (Å²) in [4.78, 5) is 30.6. The van der Waals surface area contributed by atoms with Gasteiger partial charge >= 0.3 is 11.9 Å². The van der Waals surface area contributed by atoms with E-state index in [1.54, 1.807) is 0 Å². The molecule has 0 amide bonds. The summed E-state index contributed by atoms with van der Waals surface area (Å²) in [5, 5.41) is 11.9. The normalized spacial score (nSPS) is 22.0. The maximum atomic E-state index is 15.3. The Labute approximate surface area is 723 Å². The van der Waals surface area contributed by atoms with Crippen molar-refractivity contribution in [2.75, 3.05) is 26.4 Å². The summed E-state index contributed by atoms with van der Waals surface area (Å²) in [6.45, 7) is 8.69. The number of benzene rings is 8. The highest BCUT2D eigenvalue weighted by molar-refractivity contribution is 6.99. The Balaban J connectivity index is 0.838. The van der Waals surface area contributed by atoms with Crippen molar-refractivity contribution in [1.82, 2.24) is 0 Å². The van der Waals surface area contributed by atoms with Crippen LogP contribution in [0.15, 0.2) is 243 Å². The monoisotopic (exact) mass is 1670 g/mol. The maximum absolute atomic E-state index is 15.3. The fourth-order valence-corrected chi connectivity index (χ4v) is 21.7. The molecule has 0 aliphatic carbocycles. The minimum atomic E-state index is -2.55. The third kappa shape index (κ3) is 31.9. The second-order valence-corrected chi connectivity index (χ2v) is 38.5. The summed E-state index contributed by atoms with van der Waals surface area (Å²) >= 11 is 0. The second kappa shape index (κ2) is 53.6. The van der Waals surface area contributed by atoms with Gasteiger partial charge < -0.3 is 66.4 Å². The Morgan fingerprint density at radius 3 is 0.835 bits per heavy atom. The molecule has 0 unspecified atom stereocenters. The first-order valence-corrected chi connectivity index (χ1v) is 47.6. The zero-order valence-corrected chi connectivity index (χ0v) is 73.5. The van der Waals surface area contributed by atoms with Gasteiger partial charge in [-0.05, 0) is 74.5 Å². The van der Waals surface area contributed by atoms with Crippen molar-refractivity contribution in [3.05, 3.63) is 276 Å². The number of esters is 2. The van der Waals surface area contributed by atoms with E-state index in [2.05, 4.69) is 81.4 Å². The second-order valence-electron chi connectivity index (χ2n) is 34.2. The van der Waals surface area contributed by atoms with Crippen LogP contribution in [-0.4, -0.2) is 125 Å². The Morgan fingerprint density at radius 1 is 0.306 bits per heavy atom. The van der Waals surface area contributed by atoms with Crippen LogP contribution in [0, 0.1) is 0 Å². The van der Waals surface area contributed by atoms with Crippen molar-refractivity contribution in [2.24, 2.45) is 0 Å². The summed E-state index contributed by atoms with van der Waals surface area (Å²) in [5.74, 6) is -1.00. The molecule has 3 aliphatic rings. The van der Waals surface area contributed by atoms with Crippen LogP contribution in [0.3, 0.4) is 0 Å². The number of unbranched alkanes of at least 4 members (excludes halogenated alkanes) is 22. The van der Waals surface area contributed by atoms with E-state index in [9.17, 15) is 5.11 Å². The molecule has 3 saturated heterocycles. The van der Waals surface area contributed by atoms with Crippen LogP contribution in [0.25, 0.3) is 0 Å². The highest BCUT2D eigenvalue weighted by Gasteiger charge is 2.54. The Hall–Kier alpha value is -7.56. The van der Waals surface area contributed by atoms with Gasteiger partial charge in [-0.3, -0.25) is 9.59 Å². The van der Waals surface area contributed by atoms with Gasteiger partial charge in [-0.2, -0.15) is 0 Å². The van der Waals surface area contributed by atoms with Gasteiger partial charge in [-0.25, -0.2) is 0 Å². The van der Waals surface area contributed by atoms with E-state index in [4.69, 9.17) is 61.3 Å². The molecule has 0 saturated carbocycles. The van der Waals surface area contributed by atoms with Gasteiger partial charge in [0.25, 0.3) is 8.32 Å². The summed E-state index contributed by atoms with van der Waals surface area (Å²) < 4.78 is 92.4. The average Bonchev–Trinajstić information content (AvgIpc) is 0.746. The topological polar surface area (TPSA) is 174 Å². The van der Waals surface area contributed by atoms with Crippen LogP contribution < -0.4 is 10.4 Å². The van der Waals surface area contributed by atoms with E-state index < -0.39 is 93.9 Å². The first kappa shape index (κ1) is 94.1. The number of carbonyl (C=O) groups excluding carboxylic acids is 2. The first-order chi connectivity index (χ1) is 59.5. The molecule has 12 atom stereocenters. The van der Waals surface area contributed by atoms with Gasteiger partial charge in [-0.15, -0.1) is 0 Å². The Kier molecular flexibility index (Phi) is 41.7. The summed E-state index contributed by atoms with van der Waals surface area (Å²) in [6, 6.07) is 81.8. The van der Waals surface area contributed by atoms with E-state index in [-0.39, 0.29) is 77.3 Å². The smallest absolute Gasteiger partial charge is 0.308 e. The Morgan fingerprint density at radius 2 is 0.554 bits per heavy atom. The molecule has 0 aromatic heterocycles. The highest BCUT2D eigenvalue weighted by atomic mass is 28.4. The lowest BCUT2D eigenvalue weighted by atomic mass is 9.97. The van der Waals surface area contributed by atoms with Gasteiger partial charge in [0, 0.05) is 13.2 Å². The minimum absolute atomic E-state index is 0.0399. The van der Waals surface area contributed by atoms with Crippen LogP contribution in [0.1, 0.15) is 234 Å². The standard InChI is InChI=1S/C104H138O16Si/c1-104(2,3)121(90-66-46-30-47-67-90,91-68-48-31-49-69-91)116-71-51-23-19-15-11-7-5-9-13-17-21-45-65-89-73-95(107)109-81-92-96(110-74-82-52-32-24-33-53-82)98(112-76-84-56-36-26-37-57-84)100(114-78-86-60-40-28-41-61-86)102(119-92)117-88(64-44-20-16-12-8-4-6-10-14-18-22-50-70-105)72-94(106)108-80-93-97(111-75-83-54-34-25-35-55-83)99(113-77-85-58-38-27-39-59-85)101(103(118-89)120-93)115-79-87-62-42-29-43-63-87/h24-43,46-49,52-63,66-69,88-89,92-93,96-103,105H,4-23,44-45,50-51,64-65,70-81H2,1-3H3/t88-,89+,92-,93-,96-,97-,98+,99+,100-,101-,102-,103-/m1/s1. The van der Waals surface area contributed by atoms with Crippen molar-refractivity contribution in [3.8, 4) is 0 Å². The third-order valence-electron chi connectivity index (χ3n) is 23.7. The molecule has 17 heteroatoms. The number of rotatable bonds is 50. The van der Waals surface area contributed by atoms with Crippen LogP contribution >= 0.6 is 0 Å². The van der Waals surface area contributed by atoms with Crippen molar-refractivity contribution >= 4 is 30.6 Å². The van der Waals surface area contributed by atoms with Crippen LogP contribution in [0.5, 0.6) is 0 Å². The molecule has 11 rings (SSSR count). The number of fused-ring (bicyclic) bond motifs is 4. The summed E-state index contributed by atoms with van der Waals surface area (Å²) in [7, 11) is -2.55. The minimum Gasteiger partial charge on any atom is -0.463 e. The fourth-order valence-electron chi connectivity index (χ4n) is 17.1. The molecule has 1 N–H and O–H groups in total. The molecular formula is C104H138O16Si. The summed E-state index contributed by atoms with van der Waals surface area (Å²) in [5.41, 5.74) is 5.58. The number of hydrogen-bond acceptors (Lipinski definition) is 16. The van der Waals surface area contributed by atoms with Crippen LogP contribution in [-0.2, 0) is 110 Å². The molecule has 16 nitrogen and oxygen atoms in total. The van der Waals surface area contributed by atoms with E-state index in [0.717, 1.165) is 130 Å². The molecule has 654 valence electrons. The lowest BCUT2D eigenvalue weighted by molar-refractivity contribution is -0.338. The molecule has 3 aliphatic heterocycles. The van der Waals surface area contributed by atoms with E-state index >= 15 is 9.59 Å². The highest BCUT2D eigenvalue weighted by Crippen LogP contribution is 2.39. The quantitative estimate of drug-likeness (QED) is 0.0216. The number of cyclic esters (lactones) is 2. The van der Waals surface area contributed by atoms with E-state index in [1.807, 2.05) is 182 Å².